The summed E-state index contributed by atoms with van der Waals surface area (Å²) < 4.78 is 25.8. The van der Waals surface area contributed by atoms with E-state index in [0.717, 1.165) is 32.4 Å². The van der Waals surface area contributed by atoms with Crippen molar-refractivity contribution in [2.75, 3.05) is 13.4 Å². The Morgan fingerprint density at radius 1 is 1.14 bits per heavy atom. The summed E-state index contributed by atoms with van der Waals surface area (Å²) in [7, 11) is 0. The number of aromatic nitrogens is 1. The van der Waals surface area contributed by atoms with E-state index in [1.165, 1.54) is 11.8 Å². The van der Waals surface area contributed by atoms with Crippen molar-refractivity contribution in [1.29, 1.82) is 0 Å². The van der Waals surface area contributed by atoms with Crippen LogP contribution in [0, 0.1) is 0 Å². The third kappa shape index (κ3) is 4.52. The second-order valence-electron chi connectivity index (χ2n) is 8.15. The first-order chi connectivity index (χ1) is 17.5. The third-order valence-corrected chi connectivity index (χ3v) is 7.74. The molecule has 36 heavy (non-hydrogen) atoms. The maximum atomic E-state index is 13.1. The van der Waals surface area contributed by atoms with Crippen molar-refractivity contribution in [2.45, 2.75) is 13.1 Å². The summed E-state index contributed by atoms with van der Waals surface area (Å²) in [4.78, 5) is 15.3. The molecule has 1 amide bonds. The van der Waals surface area contributed by atoms with Gasteiger partial charge in [-0.25, -0.2) is 0 Å². The van der Waals surface area contributed by atoms with Gasteiger partial charge in [0.1, 0.15) is 22.4 Å². The van der Waals surface area contributed by atoms with Crippen LogP contribution in [-0.4, -0.2) is 33.1 Å². The van der Waals surface area contributed by atoms with Gasteiger partial charge in [-0.3, -0.25) is 9.69 Å². The van der Waals surface area contributed by atoms with Gasteiger partial charge in [-0.05, 0) is 48.5 Å². The Labute approximate surface area is 224 Å². The van der Waals surface area contributed by atoms with E-state index >= 15 is 0 Å². The van der Waals surface area contributed by atoms with Crippen LogP contribution in [0.15, 0.2) is 74.8 Å². The minimum atomic E-state index is -0.122. The molecule has 10 heteroatoms. The lowest BCUT2D eigenvalue weighted by Crippen LogP contribution is -2.27. The minimum Gasteiger partial charge on any atom is -0.492 e. The summed E-state index contributed by atoms with van der Waals surface area (Å²) >= 11 is 10.4. The largest absolute Gasteiger partial charge is 0.492 e. The Morgan fingerprint density at radius 3 is 2.89 bits per heavy atom. The highest BCUT2D eigenvalue weighted by atomic mass is 79.9. The van der Waals surface area contributed by atoms with Gasteiger partial charge in [0.15, 0.2) is 11.5 Å². The predicted molar refractivity (Wildman–Crippen MR) is 145 cm³/mol. The molecule has 0 bridgehead atoms. The first-order valence-electron chi connectivity index (χ1n) is 11.1. The average molecular weight is 583 g/mol. The fraction of sp³-hybridized carbons (Fsp3) is 0.154. The number of carbonyl (C=O) groups excluding carboxylic acids is 1. The Bertz CT molecular complexity index is 1510. The molecule has 1 saturated heterocycles. The number of hydrogen-bond donors (Lipinski definition) is 0. The second kappa shape index (κ2) is 9.68. The molecular weight excluding hydrogens is 564 g/mol. The Balaban J connectivity index is 1.23. The third-order valence-electron chi connectivity index (χ3n) is 5.87. The zero-order chi connectivity index (χ0) is 24.6. The number of thiocarbonyl (C=S) groups is 1. The average Bonchev–Trinajstić information content (AvgIpc) is 3.65. The van der Waals surface area contributed by atoms with E-state index in [0.29, 0.717) is 40.4 Å². The number of hydrogen-bond acceptors (Lipinski definition) is 7. The Kier molecular flexibility index (Phi) is 6.24. The number of furan rings is 1. The monoisotopic (exact) mass is 582 g/mol. The number of fused-ring (bicyclic) bond motifs is 2. The molecule has 0 aliphatic carbocycles. The van der Waals surface area contributed by atoms with Crippen LogP contribution in [0.1, 0.15) is 11.3 Å². The molecule has 4 aromatic rings. The zero-order valence-corrected chi connectivity index (χ0v) is 22.0. The standard InChI is InChI=1S/C26H19BrN2O5S2/c27-17-3-5-21-20(11-17)16(10-24-25(30)29(26(35)36-24)14-19-2-1-8-31-19)13-28(21)7-9-32-18-4-6-22-23(12-18)34-15-33-22/h1-6,8,10-13H,7,9,14-15H2/b24-10-. The van der Waals surface area contributed by atoms with Gasteiger partial charge in [0.25, 0.3) is 5.91 Å². The highest BCUT2D eigenvalue weighted by Crippen LogP contribution is 2.37. The molecule has 0 saturated carbocycles. The van der Waals surface area contributed by atoms with Crippen molar-refractivity contribution < 1.29 is 23.4 Å². The number of nitrogens with zero attached hydrogens (tertiary/aromatic N) is 2. The highest BCUT2D eigenvalue weighted by molar-refractivity contribution is 9.10. The SMILES string of the molecule is O=C1/C(=C/c2cn(CCOc3ccc4c(c3)OCO4)c3ccc(Br)cc23)SC(=S)N1Cc1ccco1. The lowest BCUT2D eigenvalue weighted by atomic mass is 10.1. The number of benzene rings is 2. The van der Waals surface area contributed by atoms with Gasteiger partial charge < -0.3 is 23.2 Å². The number of rotatable bonds is 7. The number of ether oxygens (including phenoxy) is 3. The van der Waals surface area contributed by atoms with Crippen LogP contribution >= 0.6 is 39.9 Å². The van der Waals surface area contributed by atoms with Gasteiger partial charge in [-0.2, -0.15) is 0 Å². The molecule has 0 spiro atoms. The molecule has 0 unspecified atom stereocenters. The van der Waals surface area contributed by atoms with Crippen LogP contribution < -0.4 is 14.2 Å². The normalized spacial score (nSPS) is 16.0. The van der Waals surface area contributed by atoms with Crippen LogP contribution in [-0.2, 0) is 17.9 Å². The number of halogens is 1. The molecular formula is C26H19BrN2O5S2. The van der Waals surface area contributed by atoms with E-state index in [9.17, 15) is 4.79 Å². The van der Waals surface area contributed by atoms with Gasteiger partial charge in [0.05, 0.1) is 24.3 Å². The van der Waals surface area contributed by atoms with Gasteiger partial charge in [-0.15, -0.1) is 0 Å². The van der Waals surface area contributed by atoms with Crippen LogP contribution in [0.5, 0.6) is 17.2 Å². The topological polar surface area (TPSA) is 66.1 Å². The minimum absolute atomic E-state index is 0.122. The molecule has 4 heterocycles. The molecule has 0 N–H and O–H groups in total. The summed E-state index contributed by atoms with van der Waals surface area (Å²) in [5.41, 5.74) is 1.98. The Hall–Kier alpha value is -3.21. The molecule has 0 radical (unpaired) electrons. The van der Waals surface area contributed by atoms with Gasteiger partial charge in [-0.1, -0.05) is 39.9 Å². The smallest absolute Gasteiger partial charge is 0.266 e. The van der Waals surface area contributed by atoms with Crippen LogP contribution in [0.25, 0.3) is 17.0 Å². The number of carbonyl (C=O) groups is 1. The van der Waals surface area contributed by atoms with Crippen molar-refractivity contribution in [3.05, 3.63) is 81.7 Å². The summed E-state index contributed by atoms with van der Waals surface area (Å²) in [6.07, 6.45) is 5.54. The lowest BCUT2D eigenvalue weighted by Gasteiger charge is -2.11. The van der Waals surface area contributed by atoms with Crippen molar-refractivity contribution in [3.8, 4) is 17.2 Å². The first kappa shape index (κ1) is 23.2. The fourth-order valence-electron chi connectivity index (χ4n) is 4.16. The molecule has 7 nitrogen and oxygen atoms in total. The Morgan fingerprint density at radius 2 is 2.03 bits per heavy atom. The molecule has 0 atom stereocenters. The molecule has 2 aromatic carbocycles. The van der Waals surface area contributed by atoms with E-state index in [1.807, 2.05) is 42.6 Å². The van der Waals surface area contributed by atoms with Crippen molar-refractivity contribution in [1.82, 2.24) is 9.47 Å². The molecule has 2 aliphatic rings. The van der Waals surface area contributed by atoms with Crippen LogP contribution in [0.4, 0.5) is 0 Å². The van der Waals surface area contributed by atoms with E-state index in [4.69, 9.17) is 30.8 Å². The van der Waals surface area contributed by atoms with E-state index in [-0.39, 0.29) is 12.7 Å². The molecule has 2 aromatic heterocycles. The van der Waals surface area contributed by atoms with Gasteiger partial charge in [0.2, 0.25) is 6.79 Å². The zero-order valence-electron chi connectivity index (χ0n) is 18.8. The first-order valence-corrected chi connectivity index (χ1v) is 13.2. The predicted octanol–water partition coefficient (Wildman–Crippen LogP) is 6.21. The molecule has 2 aliphatic heterocycles. The van der Waals surface area contributed by atoms with Crippen molar-refractivity contribution >= 4 is 67.1 Å². The lowest BCUT2D eigenvalue weighted by molar-refractivity contribution is -0.122. The molecule has 182 valence electrons. The van der Waals surface area contributed by atoms with E-state index < -0.39 is 0 Å². The highest BCUT2D eigenvalue weighted by Gasteiger charge is 2.32. The molecule has 6 rings (SSSR count). The summed E-state index contributed by atoms with van der Waals surface area (Å²) in [5.74, 6) is 2.71. The maximum Gasteiger partial charge on any atom is 0.266 e. The molecule has 1 fully saturated rings. The van der Waals surface area contributed by atoms with Gasteiger partial charge in [0, 0.05) is 33.2 Å². The number of thioether (sulfide) groups is 1. The maximum absolute atomic E-state index is 13.1. The van der Waals surface area contributed by atoms with Gasteiger partial charge >= 0.3 is 0 Å². The van der Waals surface area contributed by atoms with E-state index in [1.54, 1.807) is 17.2 Å². The van der Waals surface area contributed by atoms with E-state index in [2.05, 4.69) is 32.6 Å². The van der Waals surface area contributed by atoms with Crippen molar-refractivity contribution in [2.24, 2.45) is 0 Å². The summed E-state index contributed by atoms with van der Waals surface area (Å²) in [6.45, 7) is 1.64. The van der Waals surface area contributed by atoms with Crippen LogP contribution in [0.3, 0.4) is 0 Å². The van der Waals surface area contributed by atoms with Crippen LogP contribution in [0.2, 0.25) is 0 Å². The van der Waals surface area contributed by atoms with Crippen molar-refractivity contribution in [3.63, 3.8) is 0 Å². The summed E-state index contributed by atoms with van der Waals surface area (Å²) in [5, 5.41) is 1.03. The number of amides is 1. The quantitative estimate of drug-likeness (QED) is 0.190. The second-order valence-corrected chi connectivity index (χ2v) is 10.7. The fourth-order valence-corrected chi connectivity index (χ4v) is 5.77. The summed E-state index contributed by atoms with van der Waals surface area (Å²) in [6, 6.07) is 15.3.